The van der Waals surface area contributed by atoms with Crippen molar-refractivity contribution in [3.05, 3.63) is 0 Å². The molecule has 0 aromatic heterocycles. The van der Waals surface area contributed by atoms with Crippen LogP contribution in [0.4, 0.5) is 0 Å². The second-order valence-corrected chi connectivity index (χ2v) is 5.62. The number of ether oxygens (including phenoxy) is 2. The third-order valence-electron chi connectivity index (χ3n) is 2.44. The number of nitrogens with one attached hydrogen (secondary N) is 1. The molecule has 1 N–H and O–H groups in total. The number of hydrogen-bond acceptors (Lipinski definition) is 3. The molecule has 0 spiro atoms. The lowest BCUT2D eigenvalue weighted by atomic mass is 10.3. The Bertz CT molecular complexity index is 193. The molecule has 0 aliphatic carbocycles. The summed E-state index contributed by atoms with van der Waals surface area (Å²) < 4.78 is 10.3. The number of morpholine rings is 1. The van der Waals surface area contributed by atoms with Crippen molar-refractivity contribution in [2.45, 2.75) is 17.3 Å². The number of alkyl halides is 1. The number of quaternary nitrogens is 1. The first kappa shape index (κ1) is 13.2. The van der Waals surface area contributed by atoms with Gasteiger partial charge < -0.3 is 14.4 Å². The fraction of sp³-hybridized carbons (Fsp3) is 0.900. The van der Waals surface area contributed by atoms with Crippen molar-refractivity contribution in [3.63, 3.8) is 0 Å². The summed E-state index contributed by atoms with van der Waals surface area (Å²) in [4.78, 5) is 12.7. The molecule has 1 heterocycles. The van der Waals surface area contributed by atoms with E-state index in [1.54, 1.807) is 4.90 Å². The van der Waals surface area contributed by atoms with Crippen LogP contribution in [0.3, 0.4) is 0 Å². The maximum atomic E-state index is 11.1. The van der Waals surface area contributed by atoms with Crippen LogP contribution in [0.2, 0.25) is 0 Å². The molecule has 0 radical (unpaired) electrons. The highest BCUT2D eigenvalue weighted by atomic mass is 127. The van der Waals surface area contributed by atoms with Crippen LogP contribution in [0.5, 0.6) is 0 Å². The van der Waals surface area contributed by atoms with Gasteiger partial charge in [-0.3, -0.25) is 4.79 Å². The van der Waals surface area contributed by atoms with Crippen LogP contribution >= 0.6 is 22.6 Å². The maximum Gasteiger partial charge on any atom is 0.318 e. The van der Waals surface area contributed by atoms with Gasteiger partial charge in [0, 0.05) is 6.42 Å². The topological polar surface area (TPSA) is 40.0 Å². The number of esters is 1. The molecular weight excluding hydrogens is 309 g/mol. The molecule has 0 saturated carbocycles. The maximum absolute atomic E-state index is 11.1. The van der Waals surface area contributed by atoms with Gasteiger partial charge in [0.2, 0.25) is 0 Å². The smallest absolute Gasteiger partial charge is 0.318 e. The fourth-order valence-electron chi connectivity index (χ4n) is 1.52. The molecule has 1 unspecified atom stereocenters. The SMILES string of the molecule is CC(I)C(=O)OCCC[NH+]1CCOCC1. The minimum Gasteiger partial charge on any atom is -0.465 e. The average molecular weight is 328 g/mol. The molecule has 1 aliphatic rings. The van der Waals surface area contributed by atoms with Crippen LogP contribution in [0, 0.1) is 0 Å². The molecule has 88 valence electrons. The van der Waals surface area contributed by atoms with Crippen molar-refractivity contribution in [2.75, 3.05) is 39.5 Å². The van der Waals surface area contributed by atoms with E-state index in [1.165, 1.54) is 0 Å². The monoisotopic (exact) mass is 328 g/mol. The average Bonchev–Trinajstić information content (AvgIpc) is 2.25. The molecule has 0 aromatic rings. The van der Waals surface area contributed by atoms with Gasteiger partial charge in [-0.05, 0) is 6.92 Å². The minimum atomic E-state index is -0.104. The van der Waals surface area contributed by atoms with E-state index < -0.39 is 0 Å². The summed E-state index contributed by atoms with van der Waals surface area (Å²) in [7, 11) is 0. The van der Waals surface area contributed by atoms with Gasteiger partial charge in [-0.15, -0.1) is 0 Å². The largest absolute Gasteiger partial charge is 0.465 e. The molecule has 0 amide bonds. The quantitative estimate of drug-likeness (QED) is 0.325. The summed E-state index contributed by atoms with van der Waals surface area (Å²) in [5.41, 5.74) is 0. The summed E-state index contributed by atoms with van der Waals surface area (Å²) in [6.45, 7) is 7.35. The van der Waals surface area contributed by atoms with E-state index in [0.717, 1.165) is 39.3 Å². The molecule has 1 rings (SSSR count). The zero-order valence-electron chi connectivity index (χ0n) is 9.13. The first-order valence-electron chi connectivity index (χ1n) is 5.42. The van der Waals surface area contributed by atoms with Gasteiger partial charge in [0.05, 0.1) is 26.4 Å². The van der Waals surface area contributed by atoms with Gasteiger partial charge in [-0.1, -0.05) is 22.6 Å². The summed E-state index contributed by atoms with van der Waals surface area (Å²) in [6, 6.07) is 0. The Labute approximate surface area is 104 Å². The number of carbonyl (C=O) groups is 1. The normalized spacial score (nSPS) is 19.9. The molecule has 4 nitrogen and oxygen atoms in total. The number of hydrogen-bond donors (Lipinski definition) is 1. The van der Waals surface area contributed by atoms with E-state index in [0.29, 0.717) is 6.61 Å². The number of rotatable bonds is 5. The van der Waals surface area contributed by atoms with Gasteiger partial charge in [-0.2, -0.15) is 0 Å². The van der Waals surface area contributed by atoms with Crippen LogP contribution in [0.15, 0.2) is 0 Å². The first-order valence-corrected chi connectivity index (χ1v) is 6.66. The van der Waals surface area contributed by atoms with E-state index in [-0.39, 0.29) is 9.89 Å². The van der Waals surface area contributed by atoms with Crippen LogP contribution < -0.4 is 4.90 Å². The summed E-state index contributed by atoms with van der Waals surface area (Å²) in [5, 5.41) is 0. The molecule has 1 atom stereocenters. The molecule has 1 fully saturated rings. The molecule has 15 heavy (non-hydrogen) atoms. The Hall–Kier alpha value is 0.120. The van der Waals surface area contributed by atoms with Crippen molar-refractivity contribution in [3.8, 4) is 0 Å². The van der Waals surface area contributed by atoms with Gasteiger partial charge in [0.25, 0.3) is 0 Å². The molecule has 1 saturated heterocycles. The highest BCUT2D eigenvalue weighted by molar-refractivity contribution is 14.1. The highest BCUT2D eigenvalue weighted by Crippen LogP contribution is 2.00. The van der Waals surface area contributed by atoms with Crippen LogP contribution in [0.1, 0.15) is 13.3 Å². The number of carbonyl (C=O) groups excluding carboxylic acids is 1. The molecule has 1 aliphatic heterocycles. The highest BCUT2D eigenvalue weighted by Gasteiger charge is 2.14. The lowest BCUT2D eigenvalue weighted by Crippen LogP contribution is -3.14. The van der Waals surface area contributed by atoms with E-state index in [9.17, 15) is 4.79 Å². The summed E-state index contributed by atoms with van der Waals surface area (Å²) >= 11 is 2.07. The van der Waals surface area contributed by atoms with E-state index >= 15 is 0 Å². The van der Waals surface area contributed by atoms with Gasteiger partial charge in [0.1, 0.15) is 17.0 Å². The second-order valence-electron chi connectivity index (χ2n) is 3.75. The predicted molar refractivity (Wildman–Crippen MR) is 65.4 cm³/mol. The third kappa shape index (κ3) is 5.67. The Kier molecular flexibility index (Phi) is 6.51. The van der Waals surface area contributed by atoms with Crippen LogP contribution in [0.25, 0.3) is 0 Å². The predicted octanol–water partition coefficient (Wildman–Crippen LogP) is -0.342. The van der Waals surface area contributed by atoms with E-state index in [4.69, 9.17) is 9.47 Å². The lowest BCUT2D eigenvalue weighted by Gasteiger charge is -2.23. The van der Waals surface area contributed by atoms with Gasteiger partial charge in [-0.25, -0.2) is 0 Å². The molecule has 0 bridgehead atoms. The Morgan fingerprint density at radius 3 is 2.80 bits per heavy atom. The van der Waals surface area contributed by atoms with Gasteiger partial charge in [0.15, 0.2) is 0 Å². The minimum absolute atomic E-state index is 0.0432. The fourth-order valence-corrected chi connectivity index (χ4v) is 1.70. The van der Waals surface area contributed by atoms with Gasteiger partial charge >= 0.3 is 5.97 Å². The van der Waals surface area contributed by atoms with Crippen molar-refractivity contribution < 1.29 is 19.2 Å². The van der Waals surface area contributed by atoms with E-state index in [1.807, 2.05) is 6.92 Å². The third-order valence-corrected chi connectivity index (χ3v) is 2.95. The Morgan fingerprint density at radius 1 is 1.53 bits per heavy atom. The first-order chi connectivity index (χ1) is 7.20. The molecule has 5 heteroatoms. The summed E-state index contributed by atoms with van der Waals surface area (Å²) in [6.07, 6.45) is 0.949. The van der Waals surface area contributed by atoms with Crippen LogP contribution in [-0.2, 0) is 14.3 Å². The molecular formula is C10H19INO3+. The van der Waals surface area contributed by atoms with Crippen molar-refractivity contribution >= 4 is 28.6 Å². The molecule has 0 aromatic carbocycles. The van der Waals surface area contributed by atoms with Crippen LogP contribution in [-0.4, -0.2) is 49.3 Å². The second kappa shape index (κ2) is 7.40. The lowest BCUT2D eigenvalue weighted by molar-refractivity contribution is -0.908. The standard InChI is InChI=1S/C10H18INO3/c1-9(11)10(13)15-6-2-3-12-4-7-14-8-5-12/h9H,2-8H2,1H3/p+1. The Morgan fingerprint density at radius 2 is 2.20 bits per heavy atom. The summed E-state index contributed by atoms with van der Waals surface area (Å²) in [5.74, 6) is -0.104. The zero-order chi connectivity index (χ0) is 11.1. The number of halogens is 1. The van der Waals surface area contributed by atoms with E-state index in [2.05, 4.69) is 22.6 Å². The Balaban J connectivity index is 1.98. The zero-order valence-corrected chi connectivity index (χ0v) is 11.3. The van der Waals surface area contributed by atoms with Crippen molar-refractivity contribution in [1.82, 2.24) is 0 Å². The van der Waals surface area contributed by atoms with Crippen molar-refractivity contribution in [1.29, 1.82) is 0 Å². The van der Waals surface area contributed by atoms with Crippen molar-refractivity contribution in [2.24, 2.45) is 0 Å².